The number of aryl methyl sites for hydroxylation is 1. The van der Waals surface area contributed by atoms with Gasteiger partial charge in [0.05, 0.1) is 23.5 Å². The Morgan fingerprint density at radius 2 is 1.95 bits per heavy atom. The molecule has 0 radical (unpaired) electrons. The van der Waals surface area contributed by atoms with Gasteiger partial charge in [0.25, 0.3) is 5.56 Å². The Morgan fingerprint density at radius 1 is 1.25 bits per heavy atom. The van der Waals surface area contributed by atoms with Crippen molar-refractivity contribution in [1.82, 2.24) is 9.97 Å². The fraction of sp³-hybridized carbons (Fsp3) is 0.286. The van der Waals surface area contributed by atoms with Crippen LogP contribution in [0.2, 0.25) is 0 Å². The molecule has 0 spiro atoms. The fourth-order valence-corrected chi connectivity index (χ4v) is 2.15. The molecule has 0 unspecified atom stereocenters. The molecule has 0 aliphatic carbocycles. The summed E-state index contributed by atoms with van der Waals surface area (Å²) in [6.45, 7) is 1.83. The zero-order valence-corrected chi connectivity index (χ0v) is 13.6. The number of rotatable bonds is 4. The van der Waals surface area contributed by atoms with Crippen LogP contribution in [0.25, 0.3) is 0 Å². The van der Waals surface area contributed by atoms with Crippen molar-refractivity contribution < 1.29 is 9.47 Å². The Balaban J connectivity index is 2.33. The maximum Gasteiger partial charge on any atom is 0.264 e. The number of nitrogens with zero attached hydrogens (tertiary/aromatic N) is 1. The van der Waals surface area contributed by atoms with E-state index in [-0.39, 0.29) is 5.56 Å². The van der Waals surface area contributed by atoms with Gasteiger partial charge in [-0.1, -0.05) is 6.07 Å². The monoisotopic (exact) mass is 386 g/mol. The molecule has 1 heterocycles. The first-order chi connectivity index (χ1) is 9.55. The molecule has 0 atom stereocenters. The molecule has 0 aliphatic rings. The average molecular weight is 386 g/mol. The summed E-state index contributed by atoms with van der Waals surface area (Å²) in [5.41, 5.74) is 1.63. The van der Waals surface area contributed by atoms with Gasteiger partial charge in [0.2, 0.25) is 0 Å². The Bertz CT molecular complexity index is 683. The highest BCUT2D eigenvalue weighted by atomic mass is 127. The highest BCUT2D eigenvalue weighted by molar-refractivity contribution is 14.1. The topological polar surface area (TPSA) is 64.2 Å². The van der Waals surface area contributed by atoms with Gasteiger partial charge in [0, 0.05) is 6.42 Å². The molecule has 0 fully saturated rings. The summed E-state index contributed by atoms with van der Waals surface area (Å²) in [4.78, 5) is 18.9. The summed E-state index contributed by atoms with van der Waals surface area (Å²) in [7, 11) is 3.19. The van der Waals surface area contributed by atoms with Gasteiger partial charge < -0.3 is 14.5 Å². The number of ether oxygens (including phenoxy) is 2. The van der Waals surface area contributed by atoms with Gasteiger partial charge in [-0.25, -0.2) is 4.98 Å². The lowest BCUT2D eigenvalue weighted by Gasteiger charge is -2.09. The van der Waals surface area contributed by atoms with Crippen molar-refractivity contribution in [3.63, 3.8) is 0 Å². The van der Waals surface area contributed by atoms with Gasteiger partial charge in [0.15, 0.2) is 11.5 Å². The second kappa shape index (κ2) is 6.25. The van der Waals surface area contributed by atoms with E-state index in [2.05, 4.69) is 9.97 Å². The minimum absolute atomic E-state index is 0.103. The molecule has 0 saturated heterocycles. The maximum absolute atomic E-state index is 11.7. The molecule has 0 saturated carbocycles. The minimum atomic E-state index is -0.103. The quantitative estimate of drug-likeness (QED) is 0.820. The van der Waals surface area contributed by atoms with Crippen molar-refractivity contribution in [2.24, 2.45) is 0 Å². The van der Waals surface area contributed by atoms with E-state index in [9.17, 15) is 4.79 Å². The standard InChI is InChI=1S/C14H15IN2O3/c1-8-13(15)14(18)17-12(16-8)7-9-4-5-10(19-2)11(6-9)20-3/h4-6H,7H2,1-3H3,(H,16,17,18). The van der Waals surface area contributed by atoms with E-state index >= 15 is 0 Å². The zero-order chi connectivity index (χ0) is 14.7. The summed E-state index contributed by atoms with van der Waals surface area (Å²) in [5, 5.41) is 0. The summed E-state index contributed by atoms with van der Waals surface area (Å²) < 4.78 is 11.1. The van der Waals surface area contributed by atoms with Gasteiger partial charge in [-0.15, -0.1) is 0 Å². The van der Waals surface area contributed by atoms with Crippen molar-refractivity contribution in [2.75, 3.05) is 14.2 Å². The van der Waals surface area contributed by atoms with Crippen molar-refractivity contribution in [1.29, 1.82) is 0 Å². The maximum atomic E-state index is 11.7. The Kier molecular flexibility index (Phi) is 4.64. The molecule has 5 nitrogen and oxygen atoms in total. The summed E-state index contributed by atoms with van der Waals surface area (Å²) >= 11 is 1.99. The highest BCUT2D eigenvalue weighted by Crippen LogP contribution is 2.28. The average Bonchev–Trinajstić information content (AvgIpc) is 2.44. The molecule has 1 aromatic heterocycles. The summed E-state index contributed by atoms with van der Waals surface area (Å²) in [6, 6.07) is 5.65. The Labute approximate surface area is 130 Å². The summed E-state index contributed by atoms with van der Waals surface area (Å²) in [5.74, 6) is 1.98. The minimum Gasteiger partial charge on any atom is -0.493 e. The van der Waals surface area contributed by atoms with Crippen LogP contribution in [-0.2, 0) is 6.42 Å². The van der Waals surface area contributed by atoms with Gasteiger partial charge >= 0.3 is 0 Å². The molecule has 1 N–H and O–H groups in total. The zero-order valence-electron chi connectivity index (χ0n) is 11.5. The molecule has 2 rings (SSSR count). The molecule has 0 amide bonds. The van der Waals surface area contributed by atoms with Crippen LogP contribution in [0.4, 0.5) is 0 Å². The fourth-order valence-electron chi connectivity index (χ4n) is 1.90. The van der Waals surface area contributed by atoms with Gasteiger partial charge in [0.1, 0.15) is 5.82 Å². The van der Waals surface area contributed by atoms with Crippen LogP contribution in [-0.4, -0.2) is 24.2 Å². The SMILES string of the molecule is COc1ccc(Cc2nc(C)c(I)c(=O)[nH]2)cc1OC. The Morgan fingerprint density at radius 3 is 2.55 bits per heavy atom. The van der Waals surface area contributed by atoms with E-state index in [0.717, 1.165) is 11.3 Å². The largest absolute Gasteiger partial charge is 0.493 e. The van der Waals surface area contributed by atoms with Crippen molar-refractivity contribution in [2.45, 2.75) is 13.3 Å². The first-order valence-corrected chi connectivity index (χ1v) is 7.09. The van der Waals surface area contributed by atoms with Gasteiger partial charge in [-0.3, -0.25) is 4.79 Å². The number of benzene rings is 1. The van der Waals surface area contributed by atoms with Crippen LogP contribution in [0.15, 0.2) is 23.0 Å². The second-order valence-corrected chi connectivity index (χ2v) is 5.36. The summed E-state index contributed by atoms with van der Waals surface area (Å²) in [6.07, 6.45) is 0.535. The number of aromatic nitrogens is 2. The molecule has 106 valence electrons. The first-order valence-electron chi connectivity index (χ1n) is 6.01. The lowest BCUT2D eigenvalue weighted by Crippen LogP contribution is -2.16. The molecule has 20 heavy (non-hydrogen) atoms. The number of hydrogen-bond acceptors (Lipinski definition) is 4. The predicted octanol–water partition coefficient (Wildman–Crippen LogP) is 2.29. The third kappa shape index (κ3) is 3.12. The van der Waals surface area contributed by atoms with Crippen molar-refractivity contribution in [3.8, 4) is 11.5 Å². The molecule has 1 aromatic carbocycles. The van der Waals surface area contributed by atoms with E-state index < -0.39 is 0 Å². The van der Waals surface area contributed by atoms with E-state index in [1.165, 1.54) is 0 Å². The third-order valence-corrected chi connectivity index (χ3v) is 4.17. The van der Waals surface area contributed by atoms with Crippen LogP contribution in [0, 0.1) is 10.5 Å². The van der Waals surface area contributed by atoms with Crippen LogP contribution in [0.1, 0.15) is 17.1 Å². The van der Waals surface area contributed by atoms with Crippen LogP contribution >= 0.6 is 22.6 Å². The molecular weight excluding hydrogens is 371 g/mol. The number of halogens is 1. The van der Waals surface area contributed by atoms with E-state index in [1.54, 1.807) is 14.2 Å². The van der Waals surface area contributed by atoms with Crippen LogP contribution in [0.5, 0.6) is 11.5 Å². The lowest BCUT2D eigenvalue weighted by molar-refractivity contribution is 0.354. The number of methoxy groups -OCH3 is 2. The number of H-pyrrole nitrogens is 1. The Hall–Kier alpha value is -1.57. The van der Waals surface area contributed by atoms with Crippen LogP contribution < -0.4 is 15.0 Å². The second-order valence-electron chi connectivity index (χ2n) is 4.28. The first kappa shape index (κ1) is 14.8. The molecule has 6 heteroatoms. The van der Waals surface area contributed by atoms with E-state index in [1.807, 2.05) is 47.7 Å². The third-order valence-electron chi connectivity index (χ3n) is 2.90. The number of aromatic amines is 1. The number of nitrogens with one attached hydrogen (secondary N) is 1. The lowest BCUT2D eigenvalue weighted by atomic mass is 10.1. The normalized spacial score (nSPS) is 10.4. The van der Waals surface area contributed by atoms with Crippen LogP contribution in [0.3, 0.4) is 0 Å². The van der Waals surface area contributed by atoms with E-state index in [4.69, 9.17) is 9.47 Å². The van der Waals surface area contributed by atoms with Gasteiger partial charge in [-0.05, 0) is 47.2 Å². The van der Waals surface area contributed by atoms with Crippen molar-refractivity contribution in [3.05, 3.63) is 49.2 Å². The predicted molar refractivity (Wildman–Crippen MR) is 84.7 cm³/mol. The van der Waals surface area contributed by atoms with E-state index in [0.29, 0.717) is 27.3 Å². The molecule has 0 bridgehead atoms. The van der Waals surface area contributed by atoms with Gasteiger partial charge in [-0.2, -0.15) is 0 Å². The van der Waals surface area contributed by atoms with Crippen molar-refractivity contribution >= 4 is 22.6 Å². The highest BCUT2D eigenvalue weighted by Gasteiger charge is 2.08. The number of hydrogen-bond donors (Lipinski definition) is 1. The molecular formula is C14H15IN2O3. The smallest absolute Gasteiger partial charge is 0.264 e. The molecule has 0 aliphatic heterocycles. The molecule has 2 aromatic rings.